The van der Waals surface area contributed by atoms with E-state index >= 15 is 0 Å². The smallest absolute Gasteiger partial charge is 0.143 e. The standard InChI is InChI=1S/C57H34O/c1-2-13-42-41(12-1)49(36-26-24-35(25-27-36)40-18-11-19-48-47-17-6-10-23-55(47)58-56(40)48)33-39-29-28-37(32-50(39)42)38-30-31-46-45-16-5-9-22-53(45)57(54(46)34-38)51-20-7-3-14-43(51)44-15-4-8-21-52(44)57/h1-34H. The van der Waals surface area contributed by atoms with Gasteiger partial charge in [0, 0.05) is 16.3 Å². The average Bonchev–Trinajstić information content (AvgIpc) is 3.93. The van der Waals surface area contributed by atoms with Crippen LogP contribution in [0.4, 0.5) is 0 Å². The van der Waals surface area contributed by atoms with Gasteiger partial charge in [-0.25, -0.2) is 0 Å². The molecular formula is C57H34O. The van der Waals surface area contributed by atoms with Crippen molar-refractivity contribution in [1.29, 1.82) is 0 Å². The molecule has 268 valence electrons. The molecular weight excluding hydrogens is 701 g/mol. The molecule has 10 aromatic carbocycles. The first kappa shape index (κ1) is 31.7. The van der Waals surface area contributed by atoms with E-state index in [0.717, 1.165) is 33.1 Å². The minimum absolute atomic E-state index is 0.359. The van der Waals surface area contributed by atoms with Crippen LogP contribution in [0.1, 0.15) is 22.3 Å². The molecule has 13 rings (SSSR count). The summed E-state index contributed by atoms with van der Waals surface area (Å²) < 4.78 is 6.39. The third kappa shape index (κ3) is 4.20. The van der Waals surface area contributed by atoms with Gasteiger partial charge in [0.05, 0.1) is 5.41 Å². The highest BCUT2D eigenvalue weighted by Crippen LogP contribution is 2.63. The molecule has 0 fully saturated rings. The van der Waals surface area contributed by atoms with Gasteiger partial charge in [0.15, 0.2) is 0 Å². The summed E-state index contributed by atoms with van der Waals surface area (Å²) in [4.78, 5) is 0. The molecule has 0 saturated heterocycles. The molecule has 0 unspecified atom stereocenters. The van der Waals surface area contributed by atoms with E-state index in [1.165, 1.54) is 88.3 Å². The molecule has 0 atom stereocenters. The predicted octanol–water partition coefficient (Wildman–Crippen LogP) is 15.2. The molecule has 0 radical (unpaired) electrons. The summed E-state index contributed by atoms with van der Waals surface area (Å²) >= 11 is 0. The van der Waals surface area contributed by atoms with Crippen molar-refractivity contribution in [2.24, 2.45) is 0 Å². The van der Waals surface area contributed by atoms with Gasteiger partial charge in [-0.05, 0) is 118 Å². The molecule has 0 aliphatic heterocycles. The molecule has 1 heteroatoms. The molecule has 0 bridgehead atoms. The van der Waals surface area contributed by atoms with Gasteiger partial charge >= 0.3 is 0 Å². The number of para-hydroxylation sites is 2. The fraction of sp³-hybridized carbons (Fsp3) is 0.0175. The second-order valence-electron chi connectivity index (χ2n) is 15.9. The predicted molar refractivity (Wildman–Crippen MR) is 241 cm³/mol. The van der Waals surface area contributed by atoms with Gasteiger partial charge in [0.2, 0.25) is 0 Å². The molecule has 1 nitrogen and oxygen atoms in total. The lowest BCUT2D eigenvalue weighted by molar-refractivity contribution is 0.670. The zero-order valence-electron chi connectivity index (χ0n) is 31.5. The van der Waals surface area contributed by atoms with Crippen molar-refractivity contribution < 1.29 is 4.42 Å². The lowest BCUT2D eigenvalue weighted by Crippen LogP contribution is -2.25. The normalized spacial score (nSPS) is 13.3. The third-order valence-electron chi connectivity index (χ3n) is 13.1. The molecule has 58 heavy (non-hydrogen) atoms. The quantitative estimate of drug-likeness (QED) is 0.165. The van der Waals surface area contributed by atoms with Gasteiger partial charge in [-0.1, -0.05) is 182 Å². The number of hydrogen-bond acceptors (Lipinski definition) is 1. The number of benzene rings is 10. The Kier molecular flexibility index (Phi) is 6.43. The van der Waals surface area contributed by atoms with Crippen LogP contribution in [0.25, 0.3) is 99.1 Å². The van der Waals surface area contributed by atoms with Crippen molar-refractivity contribution in [3.63, 3.8) is 0 Å². The van der Waals surface area contributed by atoms with Crippen molar-refractivity contribution in [1.82, 2.24) is 0 Å². The van der Waals surface area contributed by atoms with Crippen molar-refractivity contribution >= 4 is 43.5 Å². The summed E-state index contributed by atoms with van der Waals surface area (Å²) in [5, 5.41) is 7.31. The Morgan fingerprint density at radius 1 is 0.276 bits per heavy atom. The topological polar surface area (TPSA) is 13.1 Å². The Balaban J connectivity index is 0.940. The minimum atomic E-state index is -0.359. The fourth-order valence-electron chi connectivity index (χ4n) is 10.6. The van der Waals surface area contributed by atoms with Crippen LogP contribution in [0.5, 0.6) is 0 Å². The van der Waals surface area contributed by atoms with E-state index in [4.69, 9.17) is 4.42 Å². The Morgan fingerprint density at radius 2 is 0.776 bits per heavy atom. The number of hydrogen-bond donors (Lipinski definition) is 0. The maximum Gasteiger partial charge on any atom is 0.143 e. The maximum absolute atomic E-state index is 6.39. The van der Waals surface area contributed by atoms with Gasteiger partial charge in [-0.2, -0.15) is 0 Å². The Hall–Kier alpha value is -7.48. The maximum atomic E-state index is 6.39. The van der Waals surface area contributed by atoms with Crippen molar-refractivity contribution in [3.05, 3.63) is 229 Å². The van der Waals surface area contributed by atoms with E-state index < -0.39 is 0 Å². The largest absolute Gasteiger partial charge is 0.455 e. The average molecular weight is 735 g/mol. The SMILES string of the molecule is c1ccc2c(c1)-c1ccccc1C21c2ccccc2-c2ccc(-c3ccc4cc(-c5ccc(-c6cccc7c6oc6ccccc67)cc5)c5ccccc5c4c3)cc21. The van der Waals surface area contributed by atoms with Gasteiger partial charge in [-0.15, -0.1) is 0 Å². The molecule has 0 amide bonds. The lowest BCUT2D eigenvalue weighted by Gasteiger charge is -2.30. The molecule has 1 aromatic heterocycles. The highest BCUT2D eigenvalue weighted by molar-refractivity contribution is 6.15. The molecule has 2 aliphatic carbocycles. The summed E-state index contributed by atoms with van der Waals surface area (Å²) in [5.74, 6) is 0. The highest BCUT2D eigenvalue weighted by Gasteiger charge is 2.51. The number of fused-ring (bicyclic) bond motifs is 16. The van der Waals surface area contributed by atoms with Crippen LogP contribution in [-0.2, 0) is 5.41 Å². The van der Waals surface area contributed by atoms with Crippen molar-refractivity contribution in [2.45, 2.75) is 5.41 Å². The molecule has 2 aliphatic rings. The van der Waals surface area contributed by atoms with Crippen LogP contribution in [0.15, 0.2) is 211 Å². The first-order valence-electron chi connectivity index (χ1n) is 20.2. The van der Waals surface area contributed by atoms with Gasteiger partial charge in [0.1, 0.15) is 11.2 Å². The molecule has 11 aromatic rings. The van der Waals surface area contributed by atoms with E-state index in [1.54, 1.807) is 0 Å². The first-order chi connectivity index (χ1) is 28.8. The van der Waals surface area contributed by atoms with Gasteiger partial charge < -0.3 is 4.42 Å². The van der Waals surface area contributed by atoms with Crippen LogP contribution in [0.2, 0.25) is 0 Å². The fourth-order valence-corrected chi connectivity index (χ4v) is 10.6. The first-order valence-corrected chi connectivity index (χ1v) is 20.2. The van der Waals surface area contributed by atoms with E-state index in [9.17, 15) is 0 Å². The second-order valence-corrected chi connectivity index (χ2v) is 15.9. The molecule has 1 spiro atoms. The molecule has 0 N–H and O–H groups in total. The minimum Gasteiger partial charge on any atom is -0.455 e. The zero-order valence-corrected chi connectivity index (χ0v) is 31.5. The van der Waals surface area contributed by atoms with E-state index in [1.807, 2.05) is 12.1 Å². The van der Waals surface area contributed by atoms with E-state index in [0.29, 0.717) is 0 Å². The summed E-state index contributed by atoms with van der Waals surface area (Å²) in [6.07, 6.45) is 0. The Bertz CT molecular complexity index is 3440. The zero-order chi connectivity index (χ0) is 38.0. The highest BCUT2D eigenvalue weighted by atomic mass is 16.3. The van der Waals surface area contributed by atoms with Crippen LogP contribution < -0.4 is 0 Å². The van der Waals surface area contributed by atoms with Crippen LogP contribution in [-0.4, -0.2) is 0 Å². The summed E-state index contributed by atoms with van der Waals surface area (Å²) in [7, 11) is 0. The van der Waals surface area contributed by atoms with Crippen LogP contribution in [0.3, 0.4) is 0 Å². The summed E-state index contributed by atoms with van der Waals surface area (Å²) in [5.41, 5.74) is 19.4. The van der Waals surface area contributed by atoms with Crippen molar-refractivity contribution in [2.75, 3.05) is 0 Å². The lowest BCUT2D eigenvalue weighted by atomic mass is 9.70. The third-order valence-corrected chi connectivity index (χ3v) is 13.1. The second kappa shape index (κ2) is 11.8. The summed E-state index contributed by atoms with van der Waals surface area (Å²) in [6.45, 7) is 0. The van der Waals surface area contributed by atoms with E-state index in [2.05, 4.69) is 194 Å². The number of furan rings is 1. The van der Waals surface area contributed by atoms with E-state index in [-0.39, 0.29) is 5.41 Å². The molecule has 0 saturated carbocycles. The summed E-state index contributed by atoms with van der Waals surface area (Å²) in [6, 6.07) is 76.3. The molecule has 1 heterocycles. The van der Waals surface area contributed by atoms with Gasteiger partial charge in [-0.3, -0.25) is 0 Å². The van der Waals surface area contributed by atoms with Crippen LogP contribution in [0, 0.1) is 0 Å². The van der Waals surface area contributed by atoms with Gasteiger partial charge in [0.25, 0.3) is 0 Å². The Morgan fingerprint density at radius 3 is 1.48 bits per heavy atom. The monoisotopic (exact) mass is 734 g/mol. The van der Waals surface area contributed by atoms with Crippen molar-refractivity contribution in [3.8, 4) is 55.6 Å². The number of rotatable bonds is 3. The van der Waals surface area contributed by atoms with Crippen LogP contribution >= 0.6 is 0 Å². The Labute approximate surface area is 336 Å².